The molecule has 0 aliphatic rings. The van der Waals surface area contributed by atoms with Crippen molar-refractivity contribution in [2.24, 2.45) is 4.99 Å². The maximum atomic E-state index is 12.4. The van der Waals surface area contributed by atoms with Crippen molar-refractivity contribution >= 4 is 34.6 Å². The number of nitrogens with one attached hydrogen (secondary N) is 1. The summed E-state index contributed by atoms with van der Waals surface area (Å²) in [5.74, 6) is -0.181. The van der Waals surface area contributed by atoms with E-state index >= 15 is 0 Å². The molecule has 0 unspecified atom stereocenters. The first-order valence-corrected chi connectivity index (χ1v) is 8.89. The number of aliphatic imine (C=N–C) groups is 1. The Morgan fingerprint density at radius 3 is 2.44 bits per heavy atom. The van der Waals surface area contributed by atoms with Crippen LogP contribution in [0.3, 0.4) is 0 Å². The van der Waals surface area contributed by atoms with Gasteiger partial charge in [-0.25, -0.2) is 4.99 Å². The van der Waals surface area contributed by atoms with Gasteiger partial charge in [0.25, 0.3) is 5.91 Å². The summed E-state index contributed by atoms with van der Waals surface area (Å²) in [5.41, 5.74) is 4.49. The maximum Gasteiger partial charge on any atom is 0.255 e. The van der Waals surface area contributed by atoms with Gasteiger partial charge in [0.1, 0.15) is 0 Å². The highest BCUT2D eigenvalue weighted by atomic mass is 35.5. The van der Waals surface area contributed by atoms with Gasteiger partial charge in [-0.3, -0.25) is 4.79 Å². The molecule has 0 saturated heterocycles. The van der Waals surface area contributed by atoms with Crippen LogP contribution in [0.5, 0.6) is 0 Å². The third-order valence-corrected chi connectivity index (χ3v) is 4.42. The van der Waals surface area contributed by atoms with Gasteiger partial charge in [-0.1, -0.05) is 54.6 Å². The number of para-hydroxylation sites is 1. The first kappa shape index (κ1) is 18.6. The topological polar surface area (TPSA) is 41.5 Å². The Kier molecular flexibility index (Phi) is 5.84. The summed E-state index contributed by atoms with van der Waals surface area (Å²) in [6.45, 7) is 5.86. The second kappa shape index (κ2) is 8.47. The van der Waals surface area contributed by atoms with E-state index in [1.165, 1.54) is 0 Å². The van der Waals surface area contributed by atoms with Crippen molar-refractivity contribution in [3.8, 4) is 0 Å². The molecule has 0 spiro atoms. The monoisotopic (exact) mass is 374 g/mol. The molecule has 1 amide bonds. The molecule has 1 N–H and O–H groups in total. The molecule has 0 atom stereocenters. The molecule has 0 aliphatic carbocycles. The van der Waals surface area contributed by atoms with E-state index in [-0.39, 0.29) is 5.91 Å². The molecule has 0 bridgehead atoms. The number of halogens is 1. The average Bonchev–Trinajstić information content (AvgIpc) is 2.70. The average molecular weight is 375 g/mol. The quantitative estimate of drug-likeness (QED) is 0.530. The lowest BCUT2D eigenvalue weighted by molar-refractivity contribution is 0.102. The molecule has 0 heterocycles. The third-order valence-electron chi connectivity index (χ3n) is 4.09. The highest BCUT2D eigenvalue weighted by molar-refractivity contribution is 6.35. The van der Waals surface area contributed by atoms with E-state index in [0.717, 1.165) is 11.3 Å². The molecule has 4 heteroatoms. The summed E-state index contributed by atoms with van der Waals surface area (Å²) in [4.78, 5) is 17.1. The lowest BCUT2D eigenvalue weighted by atomic mass is 10.1. The lowest BCUT2D eigenvalue weighted by Gasteiger charge is -2.10. The molecular weight excluding hydrogens is 356 g/mol. The summed E-state index contributed by atoms with van der Waals surface area (Å²) in [6.07, 6.45) is 1.66. The van der Waals surface area contributed by atoms with Crippen molar-refractivity contribution < 1.29 is 4.79 Å². The molecule has 3 aromatic carbocycles. The number of carbonyl (C=O) groups is 1. The molecule has 0 radical (unpaired) electrons. The fourth-order valence-corrected chi connectivity index (χ4v) is 2.84. The number of anilines is 1. The molecule has 0 fully saturated rings. The maximum absolute atomic E-state index is 12.4. The molecule has 0 saturated carbocycles. The van der Waals surface area contributed by atoms with Crippen molar-refractivity contribution in [2.45, 2.75) is 6.92 Å². The summed E-state index contributed by atoms with van der Waals surface area (Å²) in [5, 5.41) is 3.43. The van der Waals surface area contributed by atoms with Gasteiger partial charge in [0.05, 0.1) is 16.4 Å². The molecule has 134 valence electrons. The predicted octanol–water partition coefficient (Wildman–Crippen LogP) is 6.21. The Labute approximate surface area is 164 Å². The van der Waals surface area contributed by atoms with E-state index in [1.807, 2.05) is 55.5 Å². The molecule has 3 nitrogen and oxygen atoms in total. The van der Waals surface area contributed by atoms with E-state index in [2.05, 4.69) is 16.9 Å². The smallest absolute Gasteiger partial charge is 0.255 e. The number of benzene rings is 3. The van der Waals surface area contributed by atoms with Crippen LogP contribution in [-0.2, 0) is 0 Å². The van der Waals surface area contributed by atoms with Crippen molar-refractivity contribution in [2.75, 3.05) is 5.32 Å². The van der Waals surface area contributed by atoms with Crippen LogP contribution in [0, 0.1) is 6.92 Å². The van der Waals surface area contributed by atoms with Gasteiger partial charge in [0.15, 0.2) is 0 Å². The summed E-state index contributed by atoms with van der Waals surface area (Å²) < 4.78 is 0. The number of amides is 1. The fourth-order valence-electron chi connectivity index (χ4n) is 2.63. The molecule has 3 rings (SSSR count). The van der Waals surface area contributed by atoms with Crippen LogP contribution >= 0.6 is 11.6 Å². The van der Waals surface area contributed by atoms with Gasteiger partial charge in [-0.05, 0) is 55.0 Å². The van der Waals surface area contributed by atoms with Gasteiger partial charge in [-0.2, -0.15) is 0 Å². The van der Waals surface area contributed by atoms with Crippen LogP contribution in [0.1, 0.15) is 21.5 Å². The van der Waals surface area contributed by atoms with Crippen LogP contribution < -0.4 is 5.32 Å². The lowest BCUT2D eigenvalue weighted by Crippen LogP contribution is -2.12. The third kappa shape index (κ3) is 4.52. The number of hydrogen-bond acceptors (Lipinski definition) is 2. The Balaban J connectivity index is 1.94. The SMILES string of the molecule is C=C/C(=N\c1ccccc1C)c1cc(NC(=O)c2ccccc2)ccc1Cl. The Bertz CT molecular complexity index is 1010. The van der Waals surface area contributed by atoms with Crippen LogP contribution in [0.2, 0.25) is 5.02 Å². The van der Waals surface area contributed by atoms with Crippen molar-refractivity contribution in [3.63, 3.8) is 0 Å². The van der Waals surface area contributed by atoms with Crippen LogP contribution in [0.15, 0.2) is 90.4 Å². The van der Waals surface area contributed by atoms with E-state index in [0.29, 0.717) is 27.5 Å². The summed E-state index contributed by atoms with van der Waals surface area (Å²) in [7, 11) is 0. The molecular formula is C23H19ClN2O. The van der Waals surface area contributed by atoms with Gasteiger partial charge < -0.3 is 5.32 Å². The predicted molar refractivity (Wildman–Crippen MR) is 113 cm³/mol. The van der Waals surface area contributed by atoms with E-state index < -0.39 is 0 Å². The van der Waals surface area contributed by atoms with Crippen LogP contribution in [0.25, 0.3) is 0 Å². The van der Waals surface area contributed by atoms with Gasteiger partial charge in [0.2, 0.25) is 0 Å². The summed E-state index contributed by atoms with van der Waals surface area (Å²) in [6, 6.07) is 22.2. The Morgan fingerprint density at radius 2 is 1.74 bits per heavy atom. The first-order valence-electron chi connectivity index (χ1n) is 8.51. The van der Waals surface area contributed by atoms with Gasteiger partial charge in [0, 0.05) is 16.8 Å². The molecule has 27 heavy (non-hydrogen) atoms. The van der Waals surface area contributed by atoms with Crippen LogP contribution in [-0.4, -0.2) is 11.6 Å². The zero-order valence-corrected chi connectivity index (χ0v) is 15.7. The molecule has 3 aromatic rings. The number of aryl methyl sites for hydroxylation is 1. The minimum atomic E-state index is -0.181. The van der Waals surface area contributed by atoms with E-state index in [9.17, 15) is 4.79 Å². The second-order valence-corrected chi connectivity index (χ2v) is 6.41. The standard InChI is InChI=1S/C23H19ClN2O/c1-3-21(26-22-12-8-7-9-16(22)2)19-15-18(13-14-20(19)24)25-23(27)17-10-5-4-6-11-17/h3-15H,1H2,2H3,(H,25,27)/b26-21+. The highest BCUT2D eigenvalue weighted by Crippen LogP contribution is 2.25. The number of nitrogens with zero attached hydrogens (tertiary/aromatic N) is 1. The number of rotatable bonds is 5. The van der Waals surface area contributed by atoms with Crippen molar-refractivity contribution in [1.82, 2.24) is 0 Å². The van der Waals surface area contributed by atoms with Gasteiger partial charge >= 0.3 is 0 Å². The molecule has 0 aliphatic heterocycles. The number of allylic oxidation sites excluding steroid dienone is 1. The van der Waals surface area contributed by atoms with Crippen molar-refractivity contribution in [1.29, 1.82) is 0 Å². The zero-order chi connectivity index (χ0) is 19.2. The Morgan fingerprint density at radius 1 is 1.04 bits per heavy atom. The minimum Gasteiger partial charge on any atom is -0.322 e. The van der Waals surface area contributed by atoms with Gasteiger partial charge in [-0.15, -0.1) is 0 Å². The van der Waals surface area contributed by atoms with Crippen molar-refractivity contribution in [3.05, 3.63) is 107 Å². The second-order valence-electron chi connectivity index (χ2n) is 6.00. The Hall–Kier alpha value is -3.17. The number of hydrogen-bond donors (Lipinski definition) is 1. The zero-order valence-electron chi connectivity index (χ0n) is 14.9. The van der Waals surface area contributed by atoms with E-state index in [4.69, 9.17) is 11.6 Å². The minimum absolute atomic E-state index is 0.181. The largest absolute Gasteiger partial charge is 0.322 e. The molecule has 0 aromatic heterocycles. The summed E-state index contributed by atoms with van der Waals surface area (Å²) >= 11 is 6.39. The normalized spacial score (nSPS) is 11.1. The first-order chi connectivity index (χ1) is 13.1. The fraction of sp³-hybridized carbons (Fsp3) is 0.0435. The highest BCUT2D eigenvalue weighted by Gasteiger charge is 2.10. The van der Waals surface area contributed by atoms with Crippen LogP contribution in [0.4, 0.5) is 11.4 Å². The van der Waals surface area contributed by atoms with E-state index in [1.54, 1.807) is 30.3 Å². The number of carbonyl (C=O) groups excluding carboxylic acids is 1.